The maximum atomic E-state index is 15.5. The summed E-state index contributed by atoms with van der Waals surface area (Å²) in [5, 5.41) is 3.57. The lowest BCUT2D eigenvalue weighted by atomic mass is 9.87. The lowest BCUT2D eigenvalue weighted by Crippen LogP contribution is -2.59. The summed E-state index contributed by atoms with van der Waals surface area (Å²) >= 11 is 6.51. The topological polar surface area (TPSA) is 99.1 Å². The molecular weight excluding hydrogens is 577 g/mol. The number of rotatable bonds is 10. The van der Waals surface area contributed by atoms with Gasteiger partial charge in [-0.05, 0) is 62.3 Å². The molecule has 43 heavy (non-hydrogen) atoms. The molecule has 2 aromatic carbocycles. The number of ketones is 1. The largest absolute Gasteiger partial charge is 0.469 e. The van der Waals surface area contributed by atoms with Gasteiger partial charge >= 0.3 is 5.97 Å². The Morgan fingerprint density at radius 2 is 1.77 bits per heavy atom. The lowest BCUT2D eigenvalue weighted by molar-refractivity contribution is -0.301. The van der Waals surface area contributed by atoms with Gasteiger partial charge in [0, 0.05) is 50.8 Å². The van der Waals surface area contributed by atoms with Crippen LogP contribution in [0.1, 0.15) is 54.4 Å². The Balaban J connectivity index is 1.33. The van der Waals surface area contributed by atoms with Gasteiger partial charge in [-0.1, -0.05) is 29.8 Å². The van der Waals surface area contributed by atoms with E-state index < -0.39 is 23.4 Å². The molecule has 1 N–H and O–H groups in total. The lowest BCUT2D eigenvalue weighted by Gasteiger charge is -2.42. The van der Waals surface area contributed by atoms with E-state index in [-0.39, 0.29) is 40.7 Å². The maximum absolute atomic E-state index is 15.5. The first kappa shape index (κ1) is 31.1. The van der Waals surface area contributed by atoms with Crippen LogP contribution in [0, 0.1) is 11.7 Å². The van der Waals surface area contributed by atoms with E-state index in [2.05, 4.69) is 5.32 Å². The fraction of sp³-hybridized carbons (Fsp3) is 0.469. The first-order valence-corrected chi connectivity index (χ1v) is 15.0. The molecule has 1 aliphatic heterocycles. The molecule has 9 nitrogen and oxygen atoms in total. The van der Waals surface area contributed by atoms with Gasteiger partial charge < -0.3 is 24.1 Å². The zero-order valence-corrected chi connectivity index (χ0v) is 25.4. The number of ether oxygens (including phenoxy) is 3. The van der Waals surface area contributed by atoms with Crippen LogP contribution in [0.3, 0.4) is 0 Å². The number of Topliss-reactive ketones (excluding diaryl/α,β-unsaturated/α-hetero) is 1. The van der Waals surface area contributed by atoms with E-state index in [9.17, 15) is 14.4 Å². The van der Waals surface area contributed by atoms with E-state index in [1.807, 2.05) is 40.8 Å². The van der Waals surface area contributed by atoms with Crippen molar-refractivity contribution in [1.82, 2.24) is 9.47 Å². The molecule has 0 radical (unpaired) electrons. The van der Waals surface area contributed by atoms with Crippen molar-refractivity contribution in [2.75, 3.05) is 32.6 Å². The molecule has 230 valence electrons. The molecule has 1 aliphatic carbocycles. The Kier molecular flexibility index (Phi) is 9.51. The molecule has 1 unspecified atom stereocenters. The summed E-state index contributed by atoms with van der Waals surface area (Å²) in [6.07, 6.45) is 5.12. The van der Waals surface area contributed by atoms with E-state index in [4.69, 9.17) is 25.8 Å². The number of halogens is 2. The Hall–Kier alpha value is -3.31. The third-order valence-corrected chi connectivity index (χ3v) is 8.88. The van der Waals surface area contributed by atoms with Crippen LogP contribution in [0.2, 0.25) is 5.02 Å². The van der Waals surface area contributed by atoms with Crippen LogP contribution in [-0.4, -0.2) is 66.5 Å². The third kappa shape index (κ3) is 6.33. The van der Waals surface area contributed by atoms with Crippen molar-refractivity contribution in [2.24, 2.45) is 13.0 Å². The smallest absolute Gasteiger partial charge is 0.308 e. The minimum Gasteiger partial charge on any atom is -0.469 e. The molecule has 1 aromatic heterocycles. The normalized spacial score (nSPS) is 20.6. The fourth-order valence-electron chi connectivity index (χ4n) is 6.24. The van der Waals surface area contributed by atoms with Crippen molar-refractivity contribution in [3.8, 4) is 0 Å². The molecule has 1 atom stereocenters. The molecule has 1 saturated carbocycles. The summed E-state index contributed by atoms with van der Waals surface area (Å²) in [6.45, 7) is 1.19. The molecule has 1 amide bonds. The third-order valence-electron chi connectivity index (χ3n) is 8.56. The number of hydrogen-bond acceptors (Lipinski definition) is 7. The zero-order valence-electron chi connectivity index (χ0n) is 24.7. The SMILES string of the molecule is COC(=O)C1CCC(OC(OC)(C(=O)Cc2cc(Cl)c(NC(=O)c3cn(C)c4ccccc34)cc2F)N2CCCC2)CC1. The number of benzene rings is 2. The number of carbonyl (C=O) groups is 3. The Bertz CT molecular complexity index is 1510. The van der Waals surface area contributed by atoms with Gasteiger partial charge in [0.05, 0.1) is 35.4 Å². The van der Waals surface area contributed by atoms with Crippen molar-refractivity contribution in [1.29, 1.82) is 0 Å². The van der Waals surface area contributed by atoms with Gasteiger partial charge in [-0.15, -0.1) is 0 Å². The van der Waals surface area contributed by atoms with Crippen LogP contribution in [0.4, 0.5) is 10.1 Å². The van der Waals surface area contributed by atoms with Crippen LogP contribution in [0.25, 0.3) is 10.9 Å². The molecule has 2 aliphatic rings. The molecule has 3 aromatic rings. The highest BCUT2D eigenvalue weighted by molar-refractivity contribution is 6.34. The van der Waals surface area contributed by atoms with Crippen molar-refractivity contribution in [3.05, 3.63) is 64.6 Å². The number of carbonyl (C=O) groups excluding carboxylic acids is 3. The summed E-state index contributed by atoms with van der Waals surface area (Å²) in [7, 11) is 4.65. The number of aryl methyl sites for hydroxylation is 1. The average Bonchev–Trinajstić information content (AvgIpc) is 3.67. The first-order valence-electron chi connectivity index (χ1n) is 14.6. The van der Waals surface area contributed by atoms with Crippen molar-refractivity contribution in [2.45, 2.75) is 57.0 Å². The molecular formula is C32H37ClFN3O6. The van der Waals surface area contributed by atoms with Crippen LogP contribution in [-0.2, 0) is 37.3 Å². The van der Waals surface area contributed by atoms with Gasteiger partial charge in [-0.25, -0.2) is 9.29 Å². The van der Waals surface area contributed by atoms with Gasteiger partial charge in [0.25, 0.3) is 11.8 Å². The predicted molar refractivity (Wildman–Crippen MR) is 160 cm³/mol. The van der Waals surface area contributed by atoms with E-state index in [0.29, 0.717) is 44.3 Å². The number of amides is 1. The number of hydrogen-bond donors (Lipinski definition) is 1. The van der Waals surface area contributed by atoms with Crippen LogP contribution in [0.15, 0.2) is 42.6 Å². The van der Waals surface area contributed by atoms with Crippen LogP contribution < -0.4 is 5.32 Å². The number of para-hydroxylation sites is 1. The number of likely N-dealkylation sites (tertiary alicyclic amines) is 1. The van der Waals surface area contributed by atoms with E-state index >= 15 is 4.39 Å². The molecule has 1 saturated heterocycles. The summed E-state index contributed by atoms with van der Waals surface area (Å²) < 4.78 is 34.5. The Morgan fingerprint density at radius 3 is 2.44 bits per heavy atom. The average molecular weight is 614 g/mol. The molecule has 5 rings (SSSR count). The number of methoxy groups -OCH3 is 2. The first-order chi connectivity index (χ1) is 20.7. The number of anilines is 1. The number of nitrogens with one attached hydrogen (secondary N) is 1. The highest BCUT2D eigenvalue weighted by Crippen LogP contribution is 2.35. The van der Waals surface area contributed by atoms with Gasteiger partial charge in [-0.2, -0.15) is 0 Å². The van der Waals surface area contributed by atoms with Gasteiger partial charge in [0.15, 0.2) is 0 Å². The second-order valence-corrected chi connectivity index (χ2v) is 11.7. The monoisotopic (exact) mass is 613 g/mol. The number of aromatic nitrogens is 1. The summed E-state index contributed by atoms with van der Waals surface area (Å²) in [4.78, 5) is 40.9. The number of nitrogens with zero attached hydrogens (tertiary/aromatic N) is 2. The van der Waals surface area contributed by atoms with Gasteiger partial charge in [0.1, 0.15) is 5.82 Å². The van der Waals surface area contributed by atoms with Crippen molar-refractivity contribution in [3.63, 3.8) is 0 Å². The molecule has 0 bridgehead atoms. The highest BCUT2D eigenvalue weighted by Gasteiger charge is 2.49. The van der Waals surface area contributed by atoms with E-state index in [1.54, 1.807) is 6.20 Å². The molecule has 2 heterocycles. The highest BCUT2D eigenvalue weighted by atomic mass is 35.5. The predicted octanol–water partition coefficient (Wildman–Crippen LogP) is 5.48. The van der Waals surface area contributed by atoms with Gasteiger partial charge in [0.2, 0.25) is 5.78 Å². The van der Waals surface area contributed by atoms with Crippen molar-refractivity contribution < 1.29 is 33.0 Å². The Labute approximate surface area is 255 Å². The minimum absolute atomic E-state index is 0.0665. The maximum Gasteiger partial charge on any atom is 0.308 e. The van der Waals surface area contributed by atoms with Crippen LogP contribution >= 0.6 is 11.6 Å². The second-order valence-electron chi connectivity index (χ2n) is 11.2. The number of fused-ring (bicyclic) bond motifs is 1. The van der Waals surface area contributed by atoms with E-state index in [0.717, 1.165) is 29.8 Å². The zero-order chi connectivity index (χ0) is 30.7. The quantitative estimate of drug-likeness (QED) is 0.239. The molecule has 2 fully saturated rings. The van der Waals surface area contributed by atoms with Gasteiger partial charge in [-0.3, -0.25) is 14.4 Å². The summed E-state index contributed by atoms with van der Waals surface area (Å²) in [6, 6.07) is 9.97. The van der Waals surface area contributed by atoms with Crippen LogP contribution in [0.5, 0.6) is 0 Å². The van der Waals surface area contributed by atoms with E-state index in [1.165, 1.54) is 20.3 Å². The molecule has 11 heteroatoms. The minimum atomic E-state index is -1.70. The fourth-order valence-corrected chi connectivity index (χ4v) is 6.48. The van der Waals surface area contributed by atoms with Crippen molar-refractivity contribution >= 4 is 45.9 Å². The molecule has 0 spiro atoms. The summed E-state index contributed by atoms with van der Waals surface area (Å²) in [5.74, 6) is -3.69. The second kappa shape index (κ2) is 13.1. The Morgan fingerprint density at radius 1 is 1.07 bits per heavy atom. The number of esters is 1. The summed E-state index contributed by atoms with van der Waals surface area (Å²) in [5.41, 5.74) is 1.49. The standard InChI is InChI=1S/C32H37ClFN3O6/c1-36-19-24(23-8-4-5-9-28(23)36)30(39)35-27-18-26(34)21(16-25(27)33)17-29(38)32(42-3,37-14-6-7-15-37)43-22-12-10-20(11-13-22)31(40)41-2/h4-5,8-9,16,18-20,22H,6-7,10-15,17H2,1-3H3,(H,35,39).